The van der Waals surface area contributed by atoms with Crippen molar-refractivity contribution in [3.05, 3.63) is 5.82 Å². The molecule has 14 heavy (non-hydrogen) atoms. The molecule has 1 heterocycles. The second-order valence-electron chi connectivity index (χ2n) is 3.19. The van der Waals surface area contributed by atoms with Crippen LogP contribution in [0.2, 0.25) is 0 Å². The van der Waals surface area contributed by atoms with Gasteiger partial charge in [-0.15, -0.1) is 0 Å². The molecule has 0 fully saturated rings. The lowest BCUT2D eigenvalue weighted by Gasteiger charge is -2.12. The second-order valence-corrected chi connectivity index (χ2v) is 5.21. The Bertz CT molecular complexity index is 262. The molecule has 0 amide bonds. The van der Waals surface area contributed by atoms with Crippen LogP contribution in [-0.4, -0.2) is 28.2 Å². The molecule has 0 aliphatic carbocycles. The highest BCUT2D eigenvalue weighted by Gasteiger charge is 2.07. The first-order valence-corrected chi connectivity index (χ1v) is 6.62. The van der Waals surface area contributed by atoms with Gasteiger partial charge in [-0.2, -0.15) is 4.37 Å². The van der Waals surface area contributed by atoms with E-state index in [1.807, 2.05) is 14.0 Å². The van der Waals surface area contributed by atoms with Gasteiger partial charge in [0, 0.05) is 11.8 Å². The first-order chi connectivity index (χ1) is 6.76. The largest absolute Gasteiger partial charge is 0.316 e. The van der Waals surface area contributed by atoms with Gasteiger partial charge in [-0.1, -0.05) is 25.1 Å². The molecule has 1 aromatic rings. The summed E-state index contributed by atoms with van der Waals surface area (Å²) in [6.45, 7) is 4.15. The molecule has 0 bridgehead atoms. The maximum atomic E-state index is 4.32. The Hall–Kier alpha value is -0.130. The van der Waals surface area contributed by atoms with Gasteiger partial charge in [0.2, 0.25) is 0 Å². The summed E-state index contributed by atoms with van der Waals surface area (Å²) in [5, 5.41) is 3.32. The number of nitrogens with zero attached hydrogens (tertiary/aromatic N) is 2. The fraction of sp³-hybridized carbons (Fsp3) is 0.778. The molecule has 1 atom stereocenters. The van der Waals surface area contributed by atoms with Crippen molar-refractivity contribution in [3.63, 3.8) is 0 Å². The normalized spacial score (nSPS) is 13.1. The molecule has 1 unspecified atom stereocenters. The Balaban J connectivity index is 2.31. The number of nitrogens with one attached hydrogen (secondary N) is 1. The average Bonchev–Trinajstić information content (AvgIpc) is 2.59. The van der Waals surface area contributed by atoms with Gasteiger partial charge in [0.25, 0.3) is 0 Å². The molecule has 80 valence electrons. The zero-order chi connectivity index (χ0) is 10.4. The van der Waals surface area contributed by atoms with Crippen molar-refractivity contribution >= 4 is 23.3 Å². The Labute approximate surface area is 93.9 Å². The zero-order valence-corrected chi connectivity index (χ0v) is 10.5. The van der Waals surface area contributed by atoms with E-state index >= 15 is 0 Å². The zero-order valence-electron chi connectivity index (χ0n) is 8.91. The van der Waals surface area contributed by atoms with Crippen molar-refractivity contribution in [3.8, 4) is 0 Å². The topological polar surface area (TPSA) is 37.8 Å². The van der Waals surface area contributed by atoms with E-state index in [0.717, 1.165) is 15.9 Å². The standard InChI is InChI=1S/C9H17N3S2/c1-4-5-8(10-3)6-13-9-11-7(2)12-14-9/h8,10H,4-6H2,1-3H3. The van der Waals surface area contributed by atoms with Crippen molar-refractivity contribution in [2.24, 2.45) is 0 Å². The molecule has 0 aliphatic heterocycles. The minimum atomic E-state index is 0.592. The van der Waals surface area contributed by atoms with Crippen molar-refractivity contribution in [1.82, 2.24) is 14.7 Å². The van der Waals surface area contributed by atoms with E-state index in [0.29, 0.717) is 6.04 Å². The summed E-state index contributed by atoms with van der Waals surface area (Å²) in [4.78, 5) is 4.32. The first-order valence-electron chi connectivity index (χ1n) is 4.86. The van der Waals surface area contributed by atoms with Crippen LogP contribution in [0.1, 0.15) is 25.6 Å². The molecule has 0 saturated heterocycles. The van der Waals surface area contributed by atoms with Gasteiger partial charge in [-0.3, -0.25) is 0 Å². The molecule has 1 N–H and O–H groups in total. The minimum Gasteiger partial charge on any atom is -0.316 e. The van der Waals surface area contributed by atoms with Gasteiger partial charge in [-0.25, -0.2) is 4.98 Å². The van der Waals surface area contributed by atoms with E-state index in [1.165, 1.54) is 24.4 Å². The van der Waals surface area contributed by atoms with E-state index in [1.54, 1.807) is 11.8 Å². The summed E-state index contributed by atoms with van der Waals surface area (Å²) in [5.74, 6) is 1.97. The monoisotopic (exact) mass is 231 g/mol. The molecule has 0 radical (unpaired) electrons. The van der Waals surface area contributed by atoms with Crippen LogP contribution in [0.15, 0.2) is 4.34 Å². The van der Waals surface area contributed by atoms with Gasteiger partial charge < -0.3 is 5.32 Å². The van der Waals surface area contributed by atoms with E-state index in [4.69, 9.17) is 0 Å². The Morgan fingerprint density at radius 1 is 1.57 bits per heavy atom. The van der Waals surface area contributed by atoms with Gasteiger partial charge in [0.15, 0.2) is 4.34 Å². The van der Waals surface area contributed by atoms with E-state index < -0.39 is 0 Å². The maximum absolute atomic E-state index is 4.32. The number of thioether (sulfide) groups is 1. The lowest BCUT2D eigenvalue weighted by atomic mass is 10.2. The summed E-state index contributed by atoms with van der Waals surface area (Å²) in [5.41, 5.74) is 0. The molecule has 5 heteroatoms. The third-order valence-electron chi connectivity index (χ3n) is 1.96. The van der Waals surface area contributed by atoms with Gasteiger partial charge in [0.1, 0.15) is 5.82 Å². The highest BCUT2D eigenvalue weighted by atomic mass is 32.2. The highest BCUT2D eigenvalue weighted by Crippen LogP contribution is 2.21. The van der Waals surface area contributed by atoms with Crippen molar-refractivity contribution in [1.29, 1.82) is 0 Å². The molecule has 0 spiro atoms. The summed E-state index contributed by atoms with van der Waals surface area (Å²) in [6.07, 6.45) is 2.45. The number of aromatic nitrogens is 2. The molecule has 1 rings (SSSR count). The van der Waals surface area contributed by atoms with Crippen molar-refractivity contribution in [2.45, 2.75) is 37.1 Å². The van der Waals surface area contributed by atoms with Gasteiger partial charge in [-0.05, 0) is 31.9 Å². The molecular formula is C9H17N3S2. The van der Waals surface area contributed by atoms with Gasteiger partial charge >= 0.3 is 0 Å². The van der Waals surface area contributed by atoms with Crippen LogP contribution in [0, 0.1) is 6.92 Å². The third kappa shape index (κ3) is 3.94. The van der Waals surface area contributed by atoms with Crippen LogP contribution in [0.3, 0.4) is 0 Å². The Morgan fingerprint density at radius 3 is 2.86 bits per heavy atom. The summed E-state index contributed by atoms with van der Waals surface area (Å²) in [6, 6.07) is 0.592. The lowest BCUT2D eigenvalue weighted by Crippen LogP contribution is -2.27. The van der Waals surface area contributed by atoms with Crippen molar-refractivity contribution in [2.75, 3.05) is 12.8 Å². The minimum absolute atomic E-state index is 0.592. The first kappa shape index (κ1) is 11.9. The molecule has 1 aromatic heterocycles. The average molecular weight is 231 g/mol. The van der Waals surface area contributed by atoms with Crippen LogP contribution in [0.4, 0.5) is 0 Å². The van der Waals surface area contributed by atoms with E-state index in [2.05, 4.69) is 21.6 Å². The van der Waals surface area contributed by atoms with Crippen LogP contribution in [0.25, 0.3) is 0 Å². The fourth-order valence-corrected chi connectivity index (χ4v) is 2.99. The number of hydrogen-bond donors (Lipinski definition) is 1. The SMILES string of the molecule is CCCC(CSc1nc(C)ns1)NC. The fourth-order valence-electron chi connectivity index (χ4n) is 1.17. The third-order valence-corrected chi connectivity index (χ3v) is 4.05. The lowest BCUT2D eigenvalue weighted by molar-refractivity contribution is 0.564. The summed E-state index contributed by atoms with van der Waals surface area (Å²) in [7, 11) is 2.02. The highest BCUT2D eigenvalue weighted by molar-refractivity contribution is 8.00. The number of aryl methyl sites for hydroxylation is 1. The Kier molecular flexibility index (Phi) is 5.44. The molecule has 0 aromatic carbocycles. The quantitative estimate of drug-likeness (QED) is 0.763. The molecule has 0 saturated carbocycles. The van der Waals surface area contributed by atoms with Crippen LogP contribution in [0.5, 0.6) is 0 Å². The Morgan fingerprint density at radius 2 is 2.36 bits per heavy atom. The van der Waals surface area contributed by atoms with Crippen LogP contribution in [-0.2, 0) is 0 Å². The predicted molar refractivity (Wildman–Crippen MR) is 63.1 cm³/mol. The molecular weight excluding hydrogens is 214 g/mol. The maximum Gasteiger partial charge on any atom is 0.170 e. The van der Waals surface area contributed by atoms with Crippen molar-refractivity contribution < 1.29 is 0 Å². The smallest absolute Gasteiger partial charge is 0.170 e. The van der Waals surface area contributed by atoms with Crippen LogP contribution < -0.4 is 5.32 Å². The number of hydrogen-bond acceptors (Lipinski definition) is 5. The summed E-state index contributed by atoms with van der Waals surface area (Å²) >= 11 is 3.29. The van der Waals surface area contributed by atoms with Gasteiger partial charge in [0.05, 0.1) is 0 Å². The van der Waals surface area contributed by atoms with E-state index in [9.17, 15) is 0 Å². The summed E-state index contributed by atoms with van der Waals surface area (Å²) < 4.78 is 5.24. The number of rotatable bonds is 6. The molecule has 0 aliphatic rings. The second kappa shape index (κ2) is 6.37. The van der Waals surface area contributed by atoms with E-state index in [-0.39, 0.29) is 0 Å². The van der Waals surface area contributed by atoms with Crippen LogP contribution >= 0.6 is 23.3 Å². The molecule has 3 nitrogen and oxygen atoms in total. The predicted octanol–water partition coefficient (Wildman–Crippen LogP) is 2.33.